The molecule has 0 spiro atoms. The van der Waals surface area contributed by atoms with Gasteiger partial charge in [-0.25, -0.2) is 8.42 Å². The van der Waals surface area contributed by atoms with Crippen molar-refractivity contribution >= 4 is 28.3 Å². The summed E-state index contributed by atoms with van der Waals surface area (Å²) in [6.07, 6.45) is 6.53. The highest BCUT2D eigenvalue weighted by atomic mass is 35.5. The maximum atomic E-state index is 12.9. The molecule has 28 heavy (non-hydrogen) atoms. The van der Waals surface area contributed by atoms with E-state index in [2.05, 4.69) is 0 Å². The molecule has 1 saturated carbocycles. The number of hydrogen-bond acceptors (Lipinski definition) is 4. The molecule has 2 fully saturated rings. The summed E-state index contributed by atoms with van der Waals surface area (Å²) in [4.78, 5) is 14.2. The third kappa shape index (κ3) is 5.47. The summed E-state index contributed by atoms with van der Waals surface area (Å²) < 4.78 is 27.3. The van der Waals surface area contributed by atoms with Gasteiger partial charge in [-0.15, -0.1) is 12.4 Å². The Labute approximate surface area is 174 Å². The van der Waals surface area contributed by atoms with Crippen LogP contribution in [0.15, 0.2) is 29.2 Å². The molecular weight excluding hydrogens is 398 g/mol. The van der Waals surface area contributed by atoms with Crippen molar-refractivity contribution in [2.45, 2.75) is 62.3 Å². The Morgan fingerprint density at radius 1 is 1.07 bits per heavy atom. The molecule has 1 aromatic carbocycles. The van der Waals surface area contributed by atoms with Gasteiger partial charge in [0.25, 0.3) is 0 Å². The minimum Gasteiger partial charge on any atom is -0.340 e. The van der Waals surface area contributed by atoms with Gasteiger partial charge in [0.2, 0.25) is 15.9 Å². The molecule has 2 aliphatic rings. The first-order chi connectivity index (χ1) is 12.9. The Kier molecular flexibility index (Phi) is 8.30. The van der Waals surface area contributed by atoms with Gasteiger partial charge in [-0.3, -0.25) is 4.79 Å². The van der Waals surface area contributed by atoms with Gasteiger partial charge < -0.3 is 10.6 Å². The maximum Gasteiger partial charge on any atom is 0.243 e. The van der Waals surface area contributed by atoms with Gasteiger partial charge in [-0.2, -0.15) is 4.31 Å². The van der Waals surface area contributed by atoms with Crippen LogP contribution in [-0.4, -0.2) is 55.8 Å². The number of piperazine rings is 1. The SMILES string of the molecule is CC(N)CC(=O)N1CCN(S(=O)(=O)c2ccc(C3CCCCC3)cc2)CC1.Cl. The Morgan fingerprint density at radius 3 is 2.18 bits per heavy atom. The van der Waals surface area contributed by atoms with E-state index >= 15 is 0 Å². The van der Waals surface area contributed by atoms with E-state index < -0.39 is 10.0 Å². The van der Waals surface area contributed by atoms with Crippen molar-refractivity contribution in [3.8, 4) is 0 Å². The number of hydrogen-bond donors (Lipinski definition) is 1. The molecule has 158 valence electrons. The van der Waals surface area contributed by atoms with Gasteiger partial charge in [-0.05, 0) is 43.4 Å². The van der Waals surface area contributed by atoms with Crippen LogP contribution in [0.3, 0.4) is 0 Å². The molecule has 0 bridgehead atoms. The molecule has 6 nitrogen and oxygen atoms in total. The highest BCUT2D eigenvalue weighted by Crippen LogP contribution is 2.33. The van der Waals surface area contributed by atoms with Crippen LogP contribution in [0.2, 0.25) is 0 Å². The molecule has 1 amide bonds. The predicted molar refractivity (Wildman–Crippen MR) is 113 cm³/mol. The minimum absolute atomic E-state index is 0. The Balaban J connectivity index is 0.00000280. The number of halogens is 1. The zero-order valence-electron chi connectivity index (χ0n) is 16.5. The molecule has 3 rings (SSSR count). The van der Waals surface area contributed by atoms with E-state index in [4.69, 9.17) is 5.73 Å². The molecule has 8 heteroatoms. The van der Waals surface area contributed by atoms with Crippen LogP contribution in [0.25, 0.3) is 0 Å². The third-order valence-corrected chi connectivity index (χ3v) is 7.60. The van der Waals surface area contributed by atoms with E-state index in [1.54, 1.807) is 24.0 Å². The smallest absolute Gasteiger partial charge is 0.243 e. The Bertz CT molecular complexity index is 738. The van der Waals surface area contributed by atoms with Crippen molar-refractivity contribution in [2.75, 3.05) is 26.2 Å². The minimum atomic E-state index is -3.51. The Morgan fingerprint density at radius 2 is 1.64 bits per heavy atom. The molecule has 2 N–H and O–H groups in total. The van der Waals surface area contributed by atoms with Gasteiger partial charge >= 0.3 is 0 Å². The first-order valence-corrected chi connectivity index (χ1v) is 11.5. The van der Waals surface area contributed by atoms with Crippen molar-refractivity contribution in [3.63, 3.8) is 0 Å². The van der Waals surface area contributed by atoms with E-state index in [0.717, 1.165) is 0 Å². The third-order valence-electron chi connectivity index (χ3n) is 5.68. The second-order valence-electron chi connectivity index (χ2n) is 7.87. The highest BCUT2D eigenvalue weighted by molar-refractivity contribution is 7.89. The molecular formula is C20H32ClN3O3S. The molecule has 1 aromatic rings. The number of sulfonamides is 1. The fourth-order valence-electron chi connectivity index (χ4n) is 4.08. The second-order valence-corrected chi connectivity index (χ2v) is 9.81. The van der Waals surface area contributed by atoms with Crippen LogP contribution in [0.5, 0.6) is 0 Å². The molecule has 0 radical (unpaired) electrons. The number of rotatable bonds is 5. The summed E-state index contributed by atoms with van der Waals surface area (Å²) in [5.74, 6) is 0.564. The van der Waals surface area contributed by atoms with E-state index in [0.29, 0.717) is 43.4 Å². The number of nitrogens with zero attached hydrogens (tertiary/aromatic N) is 2. The lowest BCUT2D eigenvalue weighted by Crippen LogP contribution is -2.51. The zero-order valence-corrected chi connectivity index (χ0v) is 18.2. The molecule has 1 saturated heterocycles. The lowest BCUT2D eigenvalue weighted by atomic mass is 9.84. The number of carbonyl (C=O) groups excluding carboxylic acids is 1. The van der Waals surface area contributed by atoms with Crippen LogP contribution >= 0.6 is 12.4 Å². The number of benzene rings is 1. The zero-order chi connectivity index (χ0) is 19.4. The first-order valence-electron chi connectivity index (χ1n) is 10.0. The Hall–Kier alpha value is -1.15. The summed E-state index contributed by atoms with van der Waals surface area (Å²) in [5.41, 5.74) is 6.93. The number of carbonyl (C=O) groups is 1. The van der Waals surface area contributed by atoms with Crippen LogP contribution < -0.4 is 5.73 Å². The fourth-order valence-corrected chi connectivity index (χ4v) is 5.50. The molecule has 1 aliphatic heterocycles. The standard InChI is InChI=1S/C20H31N3O3S.ClH/c1-16(21)15-20(24)22-11-13-23(14-12-22)27(25,26)19-9-7-18(8-10-19)17-5-3-2-4-6-17;/h7-10,16-17H,2-6,11-15,21H2,1H3;1H. The van der Waals surface area contributed by atoms with Gasteiger partial charge in [-0.1, -0.05) is 31.4 Å². The van der Waals surface area contributed by atoms with Gasteiger partial charge in [0, 0.05) is 38.6 Å². The summed E-state index contributed by atoms with van der Waals surface area (Å²) >= 11 is 0. The quantitative estimate of drug-likeness (QED) is 0.779. The van der Waals surface area contributed by atoms with E-state index in [1.807, 2.05) is 12.1 Å². The summed E-state index contributed by atoms with van der Waals surface area (Å²) in [7, 11) is -3.51. The van der Waals surface area contributed by atoms with Crippen molar-refractivity contribution in [2.24, 2.45) is 5.73 Å². The van der Waals surface area contributed by atoms with Crippen LogP contribution in [0.4, 0.5) is 0 Å². The van der Waals surface area contributed by atoms with E-state index in [1.165, 1.54) is 42.0 Å². The lowest BCUT2D eigenvalue weighted by molar-refractivity contribution is -0.132. The van der Waals surface area contributed by atoms with Crippen LogP contribution in [0, 0.1) is 0 Å². The largest absolute Gasteiger partial charge is 0.340 e. The van der Waals surface area contributed by atoms with Gasteiger partial charge in [0.05, 0.1) is 4.90 Å². The topological polar surface area (TPSA) is 83.7 Å². The number of amides is 1. The normalized spacial score (nSPS) is 20.4. The molecule has 1 unspecified atom stereocenters. The first kappa shape index (κ1) is 23.1. The van der Waals surface area contributed by atoms with Gasteiger partial charge in [0.1, 0.15) is 0 Å². The van der Waals surface area contributed by atoms with Crippen molar-refractivity contribution < 1.29 is 13.2 Å². The predicted octanol–water partition coefficient (Wildman–Crippen LogP) is 2.73. The monoisotopic (exact) mass is 429 g/mol. The van der Waals surface area contributed by atoms with E-state index in [-0.39, 0.29) is 24.4 Å². The summed E-state index contributed by atoms with van der Waals surface area (Å²) in [6.45, 7) is 3.31. The molecule has 1 heterocycles. The van der Waals surface area contributed by atoms with Crippen LogP contribution in [0.1, 0.15) is 56.9 Å². The molecule has 1 atom stereocenters. The van der Waals surface area contributed by atoms with Gasteiger partial charge in [0.15, 0.2) is 0 Å². The summed E-state index contributed by atoms with van der Waals surface area (Å²) in [6, 6.07) is 7.26. The molecule has 0 aromatic heterocycles. The van der Waals surface area contributed by atoms with E-state index in [9.17, 15) is 13.2 Å². The lowest BCUT2D eigenvalue weighted by Gasteiger charge is -2.34. The fraction of sp³-hybridized carbons (Fsp3) is 0.650. The average Bonchev–Trinajstić information content (AvgIpc) is 2.68. The number of nitrogens with two attached hydrogens (primary N) is 1. The average molecular weight is 430 g/mol. The van der Waals surface area contributed by atoms with Crippen molar-refractivity contribution in [3.05, 3.63) is 29.8 Å². The highest BCUT2D eigenvalue weighted by Gasteiger charge is 2.30. The van der Waals surface area contributed by atoms with Crippen LogP contribution in [-0.2, 0) is 14.8 Å². The maximum absolute atomic E-state index is 12.9. The summed E-state index contributed by atoms with van der Waals surface area (Å²) in [5, 5.41) is 0. The molecule has 1 aliphatic carbocycles. The van der Waals surface area contributed by atoms with Crippen molar-refractivity contribution in [1.29, 1.82) is 0 Å². The second kappa shape index (κ2) is 10.1. The van der Waals surface area contributed by atoms with Crippen molar-refractivity contribution in [1.82, 2.24) is 9.21 Å².